The highest BCUT2D eigenvalue weighted by Gasteiger charge is 2.34. The van der Waals surface area contributed by atoms with Crippen LogP contribution in [0.1, 0.15) is 18.0 Å². The lowest BCUT2D eigenvalue weighted by Gasteiger charge is -2.33. The summed E-state index contributed by atoms with van der Waals surface area (Å²) in [6.07, 6.45) is -0.329. The van der Waals surface area contributed by atoms with Gasteiger partial charge < -0.3 is 0 Å². The van der Waals surface area contributed by atoms with Crippen LogP contribution in [0, 0.1) is 0 Å². The molecule has 3 heterocycles. The number of hydrazone groups is 1. The Morgan fingerprint density at radius 3 is 2.92 bits per heavy atom. The van der Waals surface area contributed by atoms with Crippen LogP contribution in [0.25, 0.3) is 5.70 Å². The van der Waals surface area contributed by atoms with Crippen molar-refractivity contribution in [3.8, 4) is 0 Å². The molecule has 0 saturated heterocycles. The number of amidine groups is 1. The standard InChI is InChI=1S/C16H13BrN4OS2/c1-2-23-16-19-15(22)13-9-5-3-4-6-10(9)18-14(21(13)20-16)11-7-8-12(17)24-11/h3-8,14H,2H2,1H3,(H,19,20,22)/t14-/m0/s1. The van der Waals surface area contributed by atoms with E-state index in [1.54, 1.807) is 16.3 Å². The van der Waals surface area contributed by atoms with Crippen molar-refractivity contribution in [1.82, 2.24) is 10.3 Å². The Hall–Kier alpha value is -1.64. The molecule has 1 atom stereocenters. The molecule has 0 aliphatic carbocycles. The van der Waals surface area contributed by atoms with Crippen molar-refractivity contribution < 1.29 is 4.79 Å². The summed E-state index contributed by atoms with van der Waals surface area (Å²) in [7, 11) is 0. The van der Waals surface area contributed by atoms with Crippen molar-refractivity contribution in [1.29, 1.82) is 0 Å². The van der Waals surface area contributed by atoms with Crippen molar-refractivity contribution in [2.75, 3.05) is 5.75 Å². The first kappa shape index (κ1) is 15.9. The predicted octanol–water partition coefficient (Wildman–Crippen LogP) is 2.41. The molecule has 0 bridgehead atoms. The van der Waals surface area contributed by atoms with Crippen molar-refractivity contribution >= 4 is 55.8 Å². The molecule has 1 aromatic heterocycles. The highest BCUT2D eigenvalue weighted by Crippen LogP contribution is 2.35. The molecule has 0 fully saturated rings. The van der Waals surface area contributed by atoms with Crippen LogP contribution in [-0.4, -0.2) is 21.8 Å². The number of benzene rings is 1. The third-order valence-corrected chi connectivity index (χ3v) is 6.05. The molecule has 1 N–H and O–H groups in total. The zero-order valence-electron chi connectivity index (χ0n) is 12.7. The molecule has 24 heavy (non-hydrogen) atoms. The van der Waals surface area contributed by atoms with Crippen LogP contribution >= 0.6 is 39.0 Å². The van der Waals surface area contributed by atoms with Gasteiger partial charge in [0.15, 0.2) is 11.3 Å². The number of amides is 1. The van der Waals surface area contributed by atoms with Crippen molar-refractivity contribution in [3.63, 3.8) is 0 Å². The second-order valence-electron chi connectivity index (χ2n) is 5.15. The van der Waals surface area contributed by atoms with Crippen LogP contribution in [0.15, 0.2) is 50.3 Å². The molecule has 2 aliphatic heterocycles. The van der Waals surface area contributed by atoms with E-state index in [1.807, 2.05) is 43.3 Å². The van der Waals surface area contributed by atoms with Gasteiger partial charge in [-0.1, -0.05) is 36.9 Å². The molecule has 0 radical (unpaired) electrons. The SMILES string of the molecule is CCSC1=NN2C(=c3ccccc3=N[C@@H]2c2ccc(Br)s2)C(=O)N1. The lowest BCUT2D eigenvalue weighted by molar-refractivity contribution is -0.116. The Labute approximate surface area is 155 Å². The van der Waals surface area contributed by atoms with E-state index < -0.39 is 0 Å². The predicted molar refractivity (Wildman–Crippen MR) is 101 cm³/mol. The Morgan fingerprint density at radius 2 is 2.17 bits per heavy atom. The van der Waals surface area contributed by atoms with Gasteiger partial charge in [-0.25, -0.2) is 5.01 Å². The van der Waals surface area contributed by atoms with E-state index in [-0.39, 0.29) is 12.1 Å². The van der Waals surface area contributed by atoms with Crippen LogP contribution in [0.3, 0.4) is 0 Å². The number of carbonyl (C=O) groups is 1. The number of hydrogen-bond acceptors (Lipinski definition) is 6. The number of thiophene rings is 1. The first-order valence-electron chi connectivity index (χ1n) is 7.42. The van der Waals surface area contributed by atoms with Gasteiger partial charge in [0, 0.05) is 5.22 Å². The van der Waals surface area contributed by atoms with Gasteiger partial charge in [-0.15, -0.1) is 16.4 Å². The summed E-state index contributed by atoms with van der Waals surface area (Å²) in [6.45, 7) is 2.03. The lowest BCUT2D eigenvalue weighted by Crippen LogP contribution is -2.50. The normalized spacial score (nSPS) is 19.2. The fourth-order valence-corrected chi connectivity index (χ4v) is 4.71. The Kier molecular flexibility index (Phi) is 4.19. The molecular weight excluding hydrogens is 408 g/mol. The number of nitrogens with zero attached hydrogens (tertiary/aromatic N) is 3. The molecule has 8 heteroatoms. The summed E-state index contributed by atoms with van der Waals surface area (Å²) >= 11 is 6.61. The van der Waals surface area contributed by atoms with Crippen molar-refractivity contribution in [2.24, 2.45) is 10.1 Å². The molecule has 0 spiro atoms. The molecular formula is C16H13BrN4OS2. The van der Waals surface area contributed by atoms with Crippen LogP contribution < -0.4 is 15.9 Å². The third kappa shape index (κ3) is 2.68. The first-order chi connectivity index (χ1) is 11.7. The van der Waals surface area contributed by atoms with Gasteiger partial charge in [-0.3, -0.25) is 15.1 Å². The van der Waals surface area contributed by atoms with Gasteiger partial charge in [-0.2, -0.15) is 0 Å². The number of carbonyl (C=O) groups excluding carboxylic acids is 1. The topological polar surface area (TPSA) is 57.1 Å². The summed E-state index contributed by atoms with van der Waals surface area (Å²) in [6, 6.07) is 11.7. The average Bonchev–Trinajstić information content (AvgIpc) is 3.00. The highest BCUT2D eigenvalue weighted by molar-refractivity contribution is 9.11. The van der Waals surface area contributed by atoms with Gasteiger partial charge in [0.25, 0.3) is 5.91 Å². The number of nitrogens with one attached hydrogen (secondary N) is 1. The van der Waals surface area contributed by atoms with Crippen LogP contribution in [0.2, 0.25) is 0 Å². The Morgan fingerprint density at radius 1 is 1.33 bits per heavy atom. The third-order valence-electron chi connectivity index (χ3n) is 3.64. The van der Waals surface area contributed by atoms with Gasteiger partial charge in [0.1, 0.15) is 5.70 Å². The number of halogens is 1. The van der Waals surface area contributed by atoms with Crippen LogP contribution in [0.4, 0.5) is 0 Å². The van der Waals surface area contributed by atoms with Gasteiger partial charge in [0.2, 0.25) is 0 Å². The van der Waals surface area contributed by atoms with E-state index in [4.69, 9.17) is 4.99 Å². The first-order valence-corrected chi connectivity index (χ1v) is 10.0. The smallest absolute Gasteiger partial charge is 0.276 e. The number of fused-ring (bicyclic) bond motifs is 2. The van der Waals surface area contributed by atoms with E-state index in [9.17, 15) is 4.79 Å². The minimum Gasteiger partial charge on any atom is -0.298 e. The van der Waals surface area contributed by atoms with E-state index in [0.717, 1.165) is 25.0 Å². The Balaban J connectivity index is 1.95. The molecule has 4 rings (SSSR count). The average molecular weight is 421 g/mol. The molecule has 2 aliphatic rings. The zero-order chi connectivity index (χ0) is 16.7. The zero-order valence-corrected chi connectivity index (χ0v) is 15.9. The molecule has 0 saturated carbocycles. The highest BCUT2D eigenvalue weighted by atomic mass is 79.9. The van der Waals surface area contributed by atoms with Crippen molar-refractivity contribution in [3.05, 3.63) is 55.6 Å². The number of rotatable bonds is 2. The number of thioether (sulfide) groups is 1. The molecule has 5 nitrogen and oxygen atoms in total. The summed E-state index contributed by atoms with van der Waals surface area (Å²) in [5, 5.41) is 11.5. The maximum absolute atomic E-state index is 12.7. The van der Waals surface area contributed by atoms with E-state index >= 15 is 0 Å². The van der Waals surface area contributed by atoms with Gasteiger partial charge >= 0.3 is 0 Å². The molecule has 1 aromatic carbocycles. The second kappa shape index (κ2) is 6.34. The molecule has 2 aromatic rings. The summed E-state index contributed by atoms with van der Waals surface area (Å²) in [5.41, 5.74) is 0.551. The van der Waals surface area contributed by atoms with Crippen LogP contribution in [-0.2, 0) is 4.79 Å². The summed E-state index contributed by atoms with van der Waals surface area (Å²) in [4.78, 5) is 18.6. The van der Waals surface area contributed by atoms with Crippen LogP contribution in [0.5, 0.6) is 0 Å². The lowest BCUT2D eigenvalue weighted by atomic mass is 10.1. The quantitative estimate of drug-likeness (QED) is 0.811. The van der Waals surface area contributed by atoms with Gasteiger partial charge in [-0.05, 0) is 39.9 Å². The molecule has 0 unspecified atom stereocenters. The molecule has 122 valence electrons. The van der Waals surface area contributed by atoms with Crippen molar-refractivity contribution in [2.45, 2.75) is 13.1 Å². The fraction of sp³-hybridized carbons (Fsp3) is 0.188. The minimum atomic E-state index is -0.329. The monoisotopic (exact) mass is 420 g/mol. The largest absolute Gasteiger partial charge is 0.298 e. The number of hydrogen-bond donors (Lipinski definition) is 1. The fourth-order valence-electron chi connectivity index (χ4n) is 2.68. The van der Waals surface area contributed by atoms with E-state index in [1.165, 1.54) is 11.8 Å². The van der Waals surface area contributed by atoms with E-state index in [2.05, 4.69) is 26.3 Å². The summed E-state index contributed by atoms with van der Waals surface area (Å²) < 4.78 is 1.03. The molecule has 1 amide bonds. The Bertz CT molecular complexity index is 968. The maximum atomic E-state index is 12.7. The van der Waals surface area contributed by atoms with E-state index in [0.29, 0.717) is 10.9 Å². The summed E-state index contributed by atoms with van der Waals surface area (Å²) in [5.74, 6) is 0.703. The minimum absolute atomic E-state index is 0.135. The number of para-hydroxylation sites is 1. The van der Waals surface area contributed by atoms with Gasteiger partial charge in [0.05, 0.1) is 14.0 Å². The second-order valence-corrected chi connectivity index (χ2v) is 8.89. The maximum Gasteiger partial charge on any atom is 0.276 e.